The fourth-order valence-electron chi connectivity index (χ4n) is 1.89. The third-order valence-electron chi connectivity index (χ3n) is 2.91. The first-order chi connectivity index (χ1) is 10.6. The summed E-state index contributed by atoms with van der Waals surface area (Å²) < 4.78 is 19.4. The van der Waals surface area contributed by atoms with E-state index < -0.39 is 5.82 Å². The van der Waals surface area contributed by atoms with Crippen molar-refractivity contribution >= 4 is 38.3 Å². The van der Waals surface area contributed by atoms with E-state index in [0.29, 0.717) is 26.6 Å². The molecule has 22 heavy (non-hydrogen) atoms. The second-order valence-electron chi connectivity index (χ2n) is 4.45. The third-order valence-corrected chi connectivity index (χ3v) is 4.28. The van der Waals surface area contributed by atoms with E-state index >= 15 is 0 Å². The van der Waals surface area contributed by atoms with Crippen molar-refractivity contribution in [2.24, 2.45) is 0 Å². The number of nitrogens with zero attached hydrogens (tertiary/aromatic N) is 1. The number of carbonyl (C=O) groups excluding carboxylic acids is 1. The van der Waals surface area contributed by atoms with Crippen LogP contribution in [-0.2, 0) is 11.2 Å². The lowest BCUT2D eigenvalue weighted by Gasteiger charge is -2.04. The van der Waals surface area contributed by atoms with E-state index in [0.717, 1.165) is 0 Å². The van der Waals surface area contributed by atoms with Crippen molar-refractivity contribution in [2.75, 3.05) is 5.32 Å². The quantitative estimate of drug-likeness (QED) is 0.725. The van der Waals surface area contributed by atoms with Gasteiger partial charge in [0.25, 0.3) is 0 Å². The number of thiazole rings is 1. The average molecular weight is 381 g/mol. The van der Waals surface area contributed by atoms with E-state index in [9.17, 15) is 9.18 Å². The van der Waals surface area contributed by atoms with Gasteiger partial charge in [0.15, 0.2) is 10.9 Å². The summed E-state index contributed by atoms with van der Waals surface area (Å²) in [5.74, 6) is -0.111. The third kappa shape index (κ3) is 3.26. The van der Waals surface area contributed by atoms with Crippen LogP contribution in [0.5, 0.6) is 0 Å². The number of rotatable bonds is 4. The van der Waals surface area contributed by atoms with Crippen molar-refractivity contribution < 1.29 is 13.6 Å². The van der Waals surface area contributed by atoms with Crippen molar-refractivity contribution in [3.8, 4) is 11.5 Å². The SMILES string of the molecule is O=C(Cc1cccc(Br)c1F)Nc1nc(-c2ccco2)cs1. The van der Waals surface area contributed by atoms with Crippen molar-refractivity contribution in [3.63, 3.8) is 0 Å². The fraction of sp³-hybridized carbons (Fsp3) is 0.0667. The summed E-state index contributed by atoms with van der Waals surface area (Å²) in [6, 6.07) is 8.41. The van der Waals surface area contributed by atoms with Crippen LogP contribution in [0.15, 0.2) is 50.9 Å². The van der Waals surface area contributed by atoms with Crippen LogP contribution in [-0.4, -0.2) is 10.9 Å². The Kier molecular flexibility index (Phi) is 4.35. The molecule has 1 N–H and O–H groups in total. The van der Waals surface area contributed by atoms with Crippen molar-refractivity contribution in [2.45, 2.75) is 6.42 Å². The molecule has 2 aromatic heterocycles. The standard InChI is InChI=1S/C15H10BrFN2O2S/c16-10-4-1-3-9(14(10)17)7-13(20)19-15-18-11(8-22-15)12-5-2-6-21-12/h1-6,8H,7H2,(H,18,19,20). The van der Waals surface area contributed by atoms with E-state index in [1.807, 2.05) is 0 Å². The zero-order valence-electron chi connectivity index (χ0n) is 11.2. The predicted octanol–water partition coefficient (Wildman–Crippen LogP) is 4.49. The van der Waals surface area contributed by atoms with Crippen LogP contribution in [0, 0.1) is 5.82 Å². The highest BCUT2D eigenvalue weighted by molar-refractivity contribution is 9.10. The lowest BCUT2D eigenvalue weighted by molar-refractivity contribution is -0.115. The smallest absolute Gasteiger partial charge is 0.230 e. The molecule has 3 aromatic rings. The minimum atomic E-state index is -0.423. The summed E-state index contributed by atoms with van der Waals surface area (Å²) in [4.78, 5) is 16.3. The highest BCUT2D eigenvalue weighted by Crippen LogP contribution is 2.25. The molecule has 0 saturated heterocycles. The molecule has 0 aliphatic rings. The summed E-state index contributed by atoms with van der Waals surface area (Å²) in [5.41, 5.74) is 0.980. The molecule has 112 valence electrons. The molecule has 0 unspecified atom stereocenters. The second kappa shape index (κ2) is 6.41. The minimum Gasteiger partial charge on any atom is -0.463 e. The summed E-state index contributed by atoms with van der Waals surface area (Å²) in [6.45, 7) is 0. The number of halogens is 2. The number of carbonyl (C=O) groups is 1. The maximum absolute atomic E-state index is 13.8. The molecule has 0 atom stereocenters. The zero-order chi connectivity index (χ0) is 15.5. The van der Waals surface area contributed by atoms with Crippen molar-refractivity contribution in [1.29, 1.82) is 0 Å². The van der Waals surface area contributed by atoms with Crippen LogP contribution in [0.4, 0.5) is 9.52 Å². The van der Waals surface area contributed by atoms with Crippen LogP contribution < -0.4 is 5.32 Å². The molecule has 2 heterocycles. The van der Waals surface area contributed by atoms with Crippen LogP contribution in [0.1, 0.15) is 5.56 Å². The first kappa shape index (κ1) is 14.9. The van der Waals surface area contributed by atoms with Gasteiger partial charge in [-0.05, 0) is 39.7 Å². The fourth-order valence-corrected chi connectivity index (χ4v) is 3.01. The first-order valence-electron chi connectivity index (χ1n) is 6.35. The molecule has 0 aliphatic carbocycles. The maximum atomic E-state index is 13.8. The Bertz CT molecular complexity index is 802. The Morgan fingerprint density at radius 2 is 2.23 bits per heavy atom. The van der Waals surface area contributed by atoms with Crippen LogP contribution >= 0.6 is 27.3 Å². The van der Waals surface area contributed by atoms with Gasteiger partial charge in [0, 0.05) is 5.38 Å². The molecule has 0 aliphatic heterocycles. The molecule has 0 fully saturated rings. The van der Waals surface area contributed by atoms with Gasteiger partial charge in [0.2, 0.25) is 5.91 Å². The Balaban J connectivity index is 1.68. The normalized spacial score (nSPS) is 10.6. The number of amides is 1. The molecule has 0 saturated carbocycles. The van der Waals surface area contributed by atoms with Gasteiger partial charge in [0.05, 0.1) is 17.2 Å². The summed E-state index contributed by atoms with van der Waals surface area (Å²) >= 11 is 4.39. The zero-order valence-corrected chi connectivity index (χ0v) is 13.6. The molecule has 0 radical (unpaired) electrons. The van der Waals surface area contributed by atoms with E-state index in [1.165, 1.54) is 11.3 Å². The van der Waals surface area contributed by atoms with Gasteiger partial charge < -0.3 is 9.73 Å². The number of hydrogen-bond donors (Lipinski definition) is 1. The van der Waals surface area contributed by atoms with Crippen molar-refractivity contribution in [1.82, 2.24) is 4.98 Å². The number of furan rings is 1. The Morgan fingerprint density at radius 1 is 1.36 bits per heavy atom. The summed E-state index contributed by atoms with van der Waals surface area (Å²) in [6.07, 6.45) is 1.50. The summed E-state index contributed by atoms with van der Waals surface area (Å²) in [7, 11) is 0. The number of benzene rings is 1. The maximum Gasteiger partial charge on any atom is 0.230 e. The number of aromatic nitrogens is 1. The van der Waals surface area contributed by atoms with E-state index in [2.05, 4.69) is 26.2 Å². The molecule has 4 nitrogen and oxygen atoms in total. The molecule has 0 spiro atoms. The molecule has 0 bridgehead atoms. The minimum absolute atomic E-state index is 0.0546. The lowest BCUT2D eigenvalue weighted by Crippen LogP contribution is -2.15. The van der Waals surface area contributed by atoms with Gasteiger partial charge in [-0.3, -0.25) is 4.79 Å². The Hall–Kier alpha value is -1.99. The van der Waals surface area contributed by atoms with Crippen LogP contribution in [0.25, 0.3) is 11.5 Å². The van der Waals surface area contributed by atoms with E-state index in [-0.39, 0.29) is 12.3 Å². The molecule has 1 amide bonds. The number of nitrogens with one attached hydrogen (secondary N) is 1. The lowest BCUT2D eigenvalue weighted by atomic mass is 10.1. The van der Waals surface area contributed by atoms with Gasteiger partial charge in [0.1, 0.15) is 11.5 Å². The van der Waals surface area contributed by atoms with Crippen molar-refractivity contribution in [3.05, 3.63) is 57.8 Å². The van der Waals surface area contributed by atoms with Gasteiger partial charge in [-0.2, -0.15) is 0 Å². The highest BCUT2D eigenvalue weighted by atomic mass is 79.9. The van der Waals surface area contributed by atoms with Gasteiger partial charge in [-0.1, -0.05) is 12.1 Å². The largest absolute Gasteiger partial charge is 0.463 e. The van der Waals surface area contributed by atoms with E-state index in [4.69, 9.17) is 4.42 Å². The number of anilines is 1. The van der Waals surface area contributed by atoms with Gasteiger partial charge in [-0.25, -0.2) is 9.37 Å². The second-order valence-corrected chi connectivity index (χ2v) is 6.17. The molecule has 1 aromatic carbocycles. The van der Waals surface area contributed by atoms with Gasteiger partial charge in [-0.15, -0.1) is 11.3 Å². The Labute approximate surface area is 138 Å². The number of hydrogen-bond acceptors (Lipinski definition) is 4. The topological polar surface area (TPSA) is 55.1 Å². The summed E-state index contributed by atoms with van der Waals surface area (Å²) in [5, 5.41) is 4.90. The Morgan fingerprint density at radius 3 is 3.00 bits per heavy atom. The average Bonchev–Trinajstić information content (AvgIpc) is 3.14. The van der Waals surface area contributed by atoms with Gasteiger partial charge >= 0.3 is 0 Å². The molecular formula is C15H10BrFN2O2S. The monoisotopic (exact) mass is 380 g/mol. The van der Waals surface area contributed by atoms with E-state index in [1.54, 1.807) is 42.0 Å². The van der Waals surface area contributed by atoms with Crippen LogP contribution in [0.3, 0.4) is 0 Å². The molecule has 3 rings (SSSR count). The molecule has 7 heteroatoms. The van der Waals surface area contributed by atoms with Crippen LogP contribution in [0.2, 0.25) is 0 Å². The predicted molar refractivity (Wildman–Crippen MR) is 86.2 cm³/mol. The first-order valence-corrected chi connectivity index (χ1v) is 8.03. The molecular weight excluding hydrogens is 371 g/mol. The highest BCUT2D eigenvalue weighted by Gasteiger charge is 2.13.